The third-order valence-corrected chi connectivity index (χ3v) is 9.90. The Labute approximate surface area is 259 Å². The number of carbonyl (C=O) groups excluding carboxylic acids is 2. The van der Waals surface area contributed by atoms with E-state index >= 15 is 0 Å². The number of thiazole rings is 1. The summed E-state index contributed by atoms with van der Waals surface area (Å²) < 4.78 is 17.3. The minimum atomic E-state index is -1.25. The van der Waals surface area contributed by atoms with Gasteiger partial charge in [0.1, 0.15) is 23.5 Å². The molecule has 0 spiro atoms. The van der Waals surface area contributed by atoms with Gasteiger partial charge in [0.2, 0.25) is 0 Å². The number of aliphatic hydroxyl groups is 2. The Bertz CT molecular complexity index is 1020. The van der Waals surface area contributed by atoms with Crippen molar-refractivity contribution < 1.29 is 33.5 Å². The lowest BCUT2D eigenvalue weighted by molar-refractivity contribution is -0.154. The summed E-state index contributed by atoms with van der Waals surface area (Å²) in [5, 5.41) is 24.6. The van der Waals surface area contributed by atoms with E-state index in [0.717, 1.165) is 35.5 Å². The van der Waals surface area contributed by atoms with Gasteiger partial charge in [-0.2, -0.15) is 0 Å². The molecule has 2 fully saturated rings. The van der Waals surface area contributed by atoms with Gasteiger partial charge in [-0.05, 0) is 44.3 Å². The number of Topliss-reactive ketones (excluding diaryl/α,β-unsaturated/α-hetero) is 1. The number of aromatic nitrogens is 1. The normalized spacial score (nSPS) is 33.8. The summed E-state index contributed by atoms with van der Waals surface area (Å²) in [6.45, 7) is 15.3. The maximum atomic E-state index is 13.3. The van der Waals surface area contributed by atoms with Crippen molar-refractivity contribution in [3.8, 4) is 0 Å². The Hall–Kier alpha value is -0.570. The van der Waals surface area contributed by atoms with Crippen molar-refractivity contribution in [1.82, 2.24) is 4.98 Å². The second-order valence-electron chi connectivity index (χ2n) is 11.5. The van der Waals surface area contributed by atoms with Crippen LogP contribution in [0.1, 0.15) is 98.2 Å². The third-order valence-electron chi connectivity index (χ3n) is 8.09. The molecule has 0 aromatic carbocycles. The number of fused-ring (bicyclic) bond motifs is 1. The molecule has 3 rings (SSSR count). The number of epoxide rings is 1. The van der Waals surface area contributed by atoms with Crippen molar-refractivity contribution in [3.05, 3.63) is 21.7 Å². The van der Waals surface area contributed by atoms with Crippen LogP contribution in [-0.4, -0.2) is 57.0 Å². The molecule has 0 saturated carbocycles. The molecule has 1 aromatic heterocycles. The summed E-state index contributed by atoms with van der Waals surface area (Å²) in [4.78, 5) is 30.9. The van der Waals surface area contributed by atoms with Crippen molar-refractivity contribution in [2.24, 2.45) is 17.3 Å². The standard InChI is InChI=1S/C27H40INO7S2.C2H6/c1-15-8-7-9-27(6)21(36-27)11-19(16(2)10-18-14-37-22(29-18)13-34-38-28)35-23(31)12-20(30)26(4,5)25(33)17(3)24(15)32;1-2/h10,14-15,17,19-21,24,30,32H,7-9,11-13H2,1-6H3;1-2H3/b16-10+;/t15?,17?,19-,20?,21-,24-,27+;/m0./s1. The lowest BCUT2D eigenvalue weighted by Crippen LogP contribution is -2.45. The number of carbonyl (C=O) groups is 2. The Morgan fingerprint density at radius 1 is 1.27 bits per heavy atom. The van der Waals surface area contributed by atoms with Crippen LogP contribution < -0.4 is 0 Å². The van der Waals surface area contributed by atoms with Crippen LogP contribution in [0, 0.1) is 17.3 Å². The first kappa shape index (κ1) is 35.6. The van der Waals surface area contributed by atoms with Crippen LogP contribution in [0.3, 0.4) is 0 Å². The fraction of sp³-hybridized carbons (Fsp3) is 0.759. The Balaban J connectivity index is 0.00000274. The first-order valence-corrected chi connectivity index (χ1v) is 18.3. The molecular formula is C29H46INO7S2. The summed E-state index contributed by atoms with van der Waals surface area (Å²) in [5.41, 5.74) is 0.0520. The molecule has 2 aliphatic heterocycles. The highest BCUT2D eigenvalue weighted by Crippen LogP contribution is 2.45. The summed E-state index contributed by atoms with van der Waals surface area (Å²) in [5.74, 6) is -1.60. The van der Waals surface area contributed by atoms with Gasteiger partial charge in [-0.1, -0.05) is 48.0 Å². The monoisotopic (exact) mass is 711 g/mol. The summed E-state index contributed by atoms with van der Waals surface area (Å²) in [6.07, 6.45) is 1.79. The second-order valence-corrected chi connectivity index (χ2v) is 13.9. The first-order chi connectivity index (χ1) is 18.8. The average Bonchev–Trinajstić information content (AvgIpc) is 3.33. The number of ketones is 1. The zero-order valence-electron chi connectivity index (χ0n) is 24.9. The molecule has 0 aliphatic carbocycles. The number of hydrogen-bond acceptors (Lipinski definition) is 10. The van der Waals surface area contributed by atoms with Gasteiger partial charge in [0, 0.05) is 38.9 Å². The molecule has 2 saturated heterocycles. The average molecular weight is 712 g/mol. The Kier molecular flexibility index (Phi) is 14.0. The van der Waals surface area contributed by atoms with Gasteiger partial charge in [0.15, 0.2) is 0 Å². The number of esters is 1. The molecule has 3 heterocycles. The maximum absolute atomic E-state index is 13.3. The summed E-state index contributed by atoms with van der Waals surface area (Å²) in [7, 11) is 1.26. The minimum Gasteiger partial charge on any atom is -0.458 e. The molecule has 228 valence electrons. The first-order valence-electron chi connectivity index (χ1n) is 14.1. The van der Waals surface area contributed by atoms with Gasteiger partial charge in [0.25, 0.3) is 0 Å². The SMILES string of the molecule is C/C(=C\c1csc(COSI)n1)[C@@H]1C[C@@H]2O[C@]2(C)CCCC(C)[C@H](O)C(C)C(=O)C(C)(C)C(O)CC(=O)O1.CC. The molecule has 40 heavy (non-hydrogen) atoms. The van der Waals surface area contributed by atoms with Crippen LogP contribution in [0.5, 0.6) is 0 Å². The number of nitrogens with zero attached hydrogens (tertiary/aromatic N) is 1. The zero-order valence-corrected chi connectivity index (χ0v) is 28.7. The Morgan fingerprint density at radius 2 is 1.95 bits per heavy atom. The van der Waals surface area contributed by atoms with Crippen LogP contribution in [0.2, 0.25) is 0 Å². The van der Waals surface area contributed by atoms with Crippen molar-refractivity contribution in [1.29, 1.82) is 0 Å². The largest absolute Gasteiger partial charge is 0.458 e. The van der Waals surface area contributed by atoms with E-state index in [1.54, 1.807) is 20.8 Å². The second kappa shape index (κ2) is 15.8. The molecule has 0 radical (unpaired) electrons. The molecule has 1 aromatic rings. The predicted molar refractivity (Wildman–Crippen MR) is 169 cm³/mol. The lowest BCUT2D eigenvalue weighted by Gasteiger charge is -2.34. The maximum Gasteiger partial charge on any atom is 0.309 e. The van der Waals surface area contributed by atoms with Gasteiger partial charge in [-0.15, -0.1) is 11.3 Å². The number of aliphatic hydroxyl groups excluding tert-OH is 2. The van der Waals surface area contributed by atoms with Gasteiger partial charge in [0.05, 0.1) is 50.7 Å². The van der Waals surface area contributed by atoms with Crippen molar-refractivity contribution in [3.63, 3.8) is 0 Å². The van der Waals surface area contributed by atoms with Crippen molar-refractivity contribution in [2.45, 2.75) is 124 Å². The quantitative estimate of drug-likeness (QED) is 0.149. The molecule has 3 unspecified atom stereocenters. The van der Waals surface area contributed by atoms with Crippen LogP contribution in [0.4, 0.5) is 0 Å². The molecule has 0 bridgehead atoms. The fourth-order valence-electron chi connectivity index (χ4n) is 5.15. The molecule has 2 aliphatic rings. The summed E-state index contributed by atoms with van der Waals surface area (Å²) in [6, 6.07) is 0. The van der Waals surface area contributed by atoms with Crippen LogP contribution >= 0.6 is 41.8 Å². The van der Waals surface area contributed by atoms with Crippen molar-refractivity contribution >= 4 is 59.6 Å². The highest BCUT2D eigenvalue weighted by molar-refractivity contribution is 14.2. The highest BCUT2D eigenvalue weighted by Gasteiger charge is 2.53. The number of ether oxygens (including phenoxy) is 2. The van der Waals surface area contributed by atoms with Crippen LogP contribution in [-0.2, 0) is 29.9 Å². The fourth-order valence-corrected chi connectivity index (χ4v) is 6.43. The van der Waals surface area contributed by atoms with Crippen molar-refractivity contribution in [2.75, 3.05) is 0 Å². The number of halogens is 1. The number of cyclic esters (lactones) is 1. The third kappa shape index (κ3) is 9.47. The molecule has 0 amide bonds. The van der Waals surface area contributed by atoms with E-state index in [9.17, 15) is 19.8 Å². The highest BCUT2D eigenvalue weighted by atomic mass is 127. The smallest absolute Gasteiger partial charge is 0.309 e. The van der Waals surface area contributed by atoms with E-state index in [1.165, 1.54) is 20.6 Å². The lowest BCUT2D eigenvalue weighted by atomic mass is 9.73. The van der Waals surface area contributed by atoms with E-state index in [2.05, 4.69) is 33.1 Å². The van der Waals surface area contributed by atoms with E-state index in [4.69, 9.17) is 13.7 Å². The number of hydrogen-bond donors (Lipinski definition) is 2. The van der Waals surface area contributed by atoms with Gasteiger partial charge < -0.3 is 19.7 Å². The molecule has 7 atom stereocenters. The zero-order chi connectivity index (χ0) is 30.3. The summed E-state index contributed by atoms with van der Waals surface area (Å²) >= 11 is 3.57. The van der Waals surface area contributed by atoms with Crippen LogP contribution in [0.15, 0.2) is 11.0 Å². The topological polar surface area (TPSA) is 118 Å². The predicted octanol–water partition coefficient (Wildman–Crippen LogP) is 6.71. The molecule has 8 nitrogen and oxygen atoms in total. The van der Waals surface area contributed by atoms with Gasteiger partial charge in [-0.3, -0.25) is 13.8 Å². The van der Waals surface area contributed by atoms with Gasteiger partial charge in [-0.25, -0.2) is 4.98 Å². The van der Waals surface area contributed by atoms with E-state index in [1.807, 2.05) is 39.2 Å². The molecule has 2 N–H and O–H groups in total. The van der Waals surface area contributed by atoms with E-state index in [0.29, 0.717) is 13.0 Å². The van der Waals surface area contributed by atoms with Crippen LogP contribution in [0.25, 0.3) is 6.08 Å². The molecular weight excluding hydrogens is 665 g/mol. The minimum absolute atomic E-state index is 0.0706. The van der Waals surface area contributed by atoms with Gasteiger partial charge >= 0.3 is 5.97 Å². The van der Waals surface area contributed by atoms with E-state index in [-0.39, 0.29) is 29.8 Å². The Morgan fingerprint density at radius 3 is 2.60 bits per heavy atom. The number of rotatable bonds is 5. The molecule has 11 heteroatoms. The van der Waals surface area contributed by atoms with E-state index < -0.39 is 35.6 Å².